The van der Waals surface area contributed by atoms with E-state index in [2.05, 4.69) is 31.9 Å². The van der Waals surface area contributed by atoms with Gasteiger partial charge in [0.15, 0.2) is 0 Å². The van der Waals surface area contributed by atoms with Gasteiger partial charge in [0.05, 0.1) is 35.3 Å². The summed E-state index contributed by atoms with van der Waals surface area (Å²) in [5, 5.41) is 0. The summed E-state index contributed by atoms with van der Waals surface area (Å²) < 4.78 is 1.81. The van der Waals surface area contributed by atoms with Gasteiger partial charge in [0.25, 0.3) is 23.6 Å². The Morgan fingerprint density at radius 1 is 0.476 bits per heavy atom. The van der Waals surface area contributed by atoms with E-state index in [0.717, 1.165) is 42.3 Å². The summed E-state index contributed by atoms with van der Waals surface area (Å²) >= 11 is 7.57. The van der Waals surface area contributed by atoms with E-state index < -0.39 is 0 Å². The molecule has 5 aliphatic rings. The smallest absolute Gasteiger partial charge is 0.261 e. The van der Waals surface area contributed by atoms with Gasteiger partial charge in [-0.1, -0.05) is 92.5 Å². The van der Waals surface area contributed by atoms with Crippen molar-refractivity contribution in [2.45, 2.75) is 24.9 Å². The number of imide groups is 2. The molecule has 9 rings (SSSR count). The molecule has 0 atom stereocenters. The summed E-state index contributed by atoms with van der Waals surface area (Å²) in [6.45, 7) is 0.403. The Morgan fingerprint density at radius 3 is 1.05 bits per heavy atom. The fourth-order valence-corrected chi connectivity index (χ4v) is 8.16. The lowest BCUT2D eigenvalue weighted by Crippen LogP contribution is -2.29. The van der Waals surface area contributed by atoms with Crippen LogP contribution >= 0.6 is 31.9 Å². The SMILES string of the molecule is O=C1c2cc3c(cc2C(=O)N1Cc1ccccc1)C1C(Br)=C(Br)C3c2cc3c(cc21)C(=O)N(Cc1ccccc1)C3=O. The Balaban J connectivity index is 1.21. The fraction of sp³-hybridized carbons (Fsp3) is 0.118. The lowest BCUT2D eigenvalue weighted by Gasteiger charge is -2.41. The largest absolute Gasteiger partial charge is 0.270 e. The highest BCUT2D eigenvalue weighted by atomic mass is 79.9. The molecule has 8 heteroatoms. The second kappa shape index (κ2) is 9.18. The van der Waals surface area contributed by atoms with Gasteiger partial charge in [-0.05, 0) is 57.6 Å². The minimum atomic E-state index is -0.311. The molecule has 2 aliphatic heterocycles. The minimum Gasteiger partial charge on any atom is -0.270 e. The molecule has 2 bridgehead atoms. The van der Waals surface area contributed by atoms with Crippen molar-refractivity contribution in [3.8, 4) is 0 Å². The number of halogens is 2. The van der Waals surface area contributed by atoms with Crippen molar-refractivity contribution >= 4 is 55.5 Å². The molecule has 204 valence electrons. The topological polar surface area (TPSA) is 74.8 Å². The molecule has 0 saturated heterocycles. The van der Waals surface area contributed by atoms with Crippen molar-refractivity contribution in [2.24, 2.45) is 0 Å². The molecule has 4 aromatic rings. The molecule has 0 fully saturated rings. The number of nitrogens with zero attached hydrogens (tertiary/aromatic N) is 2. The molecule has 0 radical (unpaired) electrons. The van der Waals surface area contributed by atoms with Gasteiger partial charge in [0, 0.05) is 20.8 Å². The van der Waals surface area contributed by atoms with Gasteiger partial charge >= 0.3 is 0 Å². The average Bonchev–Trinajstić information content (AvgIpc) is 3.37. The number of fused-ring (bicyclic) bond motifs is 2. The second-order valence-electron chi connectivity index (χ2n) is 11.0. The van der Waals surface area contributed by atoms with Crippen molar-refractivity contribution in [2.75, 3.05) is 0 Å². The summed E-state index contributed by atoms with van der Waals surface area (Å²) in [6, 6.07) is 26.3. The first kappa shape index (κ1) is 25.6. The van der Waals surface area contributed by atoms with Gasteiger partial charge in [0.2, 0.25) is 0 Å². The number of hydrogen-bond acceptors (Lipinski definition) is 4. The Morgan fingerprint density at radius 2 is 0.762 bits per heavy atom. The molecule has 4 amide bonds. The average molecular weight is 680 g/mol. The van der Waals surface area contributed by atoms with Crippen LogP contribution in [0.25, 0.3) is 0 Å². The third-order valence-electron chi connectivity index (χ3n) is 8.69. The van der Waals surface area contributed by atoms with Crippen LogP contribution in [0.2, 0.25) is 0 Å². The normalized spacial score (nSPS) is 19.9. The van der Waals surface area contributed by atoms with Crippen molar-refractivity contribution < 1.29 is 19.2 Å². The maximum Gasteiger partial charge on any atom is 0.261 e. The van der Waals surface area contributed by atoms with Crippen LogP contribution in [0.4, 0.5) is 0 Å². The third kappa shape index (κ3) is 3.48. The Hall–Kier alpha value is -4.14. The number of benzene rings is 4. The number of rotatable bonds is 4. The highest BCUT2D eigenvalue weighted by Crippen LogP contribution is 2.60. The molecule has 0 saturated carbocycles. The minimum absolute atomic E-state index is 0.201. The van der Waals surface area contributed by atoms with Crippen LogP contribution in [0.1, 0.15) is 86.6 Å². The summed E-state index contributed by atoms with van der Waals surface area (Å²) in [7, 11) is 0. The van der Waals surface area contributed by atoms with Gasteiger partial charge < -0.3 is 0 Å². The summed E-state index contributed by atoms with van der Waals surface area (Å²) in [6.07, 6.45) is 0. The van der Waals surface area contributed by atoms with Crippen molar-refractivity contribution in [1.82, 2.24) is 9.80 Å². The second-order valence-corrected chi connectivity index (χ2v) is 12.7. The zero-order valence-corrected chi connectivity index (χ0v) is 25.1. The Bertz CT molecular complexity index is 1720. The number of allylic oxidation sites excluding steroid dienone is 2. The first-order valence-electron chi connectivity index (χ1n) is 13.5. The van der Waals surface area contributed by atoms with Crippen LogP contribution < -0.4 is 0 Å². The maximum atomic E-state index is 13.5. The fourth-order valence-electron chi connectivity index (χ4n) is 6.72. The number of hydrogen-bond donors (Lipinski definition) is 0. The van der Waals surface area contributed by atoms with Crippen LogP contribution in [-0.4, -0.2) is 33.4 Å². The van der Waals surface area contributed by atoms with Crippen LogP contribution in [0, 0.1) is 0 Å². The van der Waals surface area contributed by atoms with Crippen molar-refractivity contribution in [3.05, 3.63) is 150 Å². The van der Waals surface area contributed by atoms with Crippen LogP contribution in [0.5, 0.6) is 0 Å². The van der Waals surface area contributed by atoms with Crippen LogP contribution in [0.15, 0.2) is 93.9 Å². The molecular formula is C34H20Br2N2O4. The van der Waals surface area contributed by atoms with Gasteiger partial charge in [-0.3, -0.25) is 29.0 Å². The first-order valence-corrected chi connectivity index (χ1v) is 15.1. The third-order valence-corrected chi connectivity index (χ3v) is 11.0. The lowest BCUT2D eigenvalue weighted by atomic mass is 9.66. The Labute approximate surface area is 257 Å². The summed E-state index contributed by atoms with van der Waals surface area (Å²) in [4.78, 5) is 56.6. The van der Waals surface area contributed by atoms with Crippen LogP contribution in [-0.2, 0) is 13.1 Å². The van der Waals surface area contributed by atoms with E-state index in [-0.39, 0.29) is 48.6 Å². The molecular weight excluding hydrogens is 660 g/mol. The molecule has 2 heterocycles. The lowest BCUT2D eigenvalue weighted by molar-refractivity contribution is 0.0627. The molecule has 0 N–H and O–H groups in total. The Kier molecular flexibility index (Phi) is 5.59. The van der Waals surface area contributed by atoms with E-state index >= 15 is 0 Å². The molecule has 42 heavy (non-hydrogen) atoms. The van der Waals surface area contributed by atoms with Crippen molar-refractivity contribution in [1.29, 1.82) is 0 Å². The molecule has 0 aromatic heterocycles. The van der Waals surface area contributed by atoms with E-state index in [4.69, 9.17) is 0 Å². The summed E-state index contributed by atoms with van der Waals surface area (Å²) in [5.41, 5.74) is 6.99. The highest BCUT2D eigenvalue weighted by molar-refractivity contribution is 9.14. The predicted octanol–water partition coefficient (Wildman–Crippen LogP) is 6.87. The standard InChI is InChI=1S/C34H20Br2N2O4/c35-29-27-19-11-23-24(32(40)37(31(23)39)15-17-7-3-1-4-8-17)12-20(19)28(30(29)36)22-14-26-25(13-21(22)27)33(41)38(34(26)42)16-18-9-5-2-6-10-18/h1-14,27-28H,15-16H2. The molecule has 0 spiro atoms. The number of carbonyl (C=O) groups excluding carboxylic acids is 4. The zero-order chi connectivity index (χ0) is 28.9. The van der Waals surface area contributed by atoms with E-state index in [0.29, 0.717) is 22.3 Å². The molecule has 4 aromatic carbocycles. The molecule has 3 aliphatic carbocycles. The van der Waals surface area contributed by atoms with E-state index in [1.54, 1.807) is 0 Å². The summed E-state index contributed by atoms with van der Waals surface area (Å²) in [5.74, 6) is -1.82. The van der Waals surface area contributed by atoms with Gasteiger partial charge in [-0.15, -0.1) is 0 Å². The maximum absolute atomic E-state index is 13.5. The molecule has 0 unspecified atom stereocenters. The zero-order valence-electron chi connectivity index (χ0n) is 21.9. The highest BCUT2D eigenvalue weighted by Gasteiger charge is 2.47. The quantitative estimate of drug-likeness (QED) is 0.221. The predicted molar refractivity (Wildman–Crippen MR) is 163 cm³/mol. The number of amides is 4. The van der Waals surface area contributed by atoms with E-state index in [9.17, 15) is 19.2 Å². The van der Waals surface area contributed by atoms with Gasteiger partial charge in [-0.2, -0.15) is 0 Å². The van der Waals surface area contributed by atoms with Gasteiger partial charge in [0.1, 0.15) is 0 Å². The van der Waals surface area contributed by atoms with E-state index in [1.165, 1.54) is 9.80 Å². The molecule has 6 nitrogen and oxygen atoms in total. The monoisotopic (exact) mass is 678 g/mol. The van der Waals surface area contributed by atoms with Crippen molar-refractivity contribution in [3.63, 3.8) is 0 Å². The van der Waals surface area contributed by atoms with E-state index in [1.807, 2.05) is 84.9 Å². The first-order chi connectivity index (χ1) is 20.3. The number of carbonyl (C=O) groups is 4. The van der Waals surface area contributed by atoms with Gasteiger partial charge in [-0.25, -0.2) is 0 Å². The van der Waals surface area contributed by atoms with Crippen LogP contribution in [0.3, 0.4) is 0 Å².